The first-order valence-corrected chi connectivity index (χ1v) is 10.3. The third-order valence-electron chi connectivity index (χ3n) is 4.72. The first kappa shape index (κ1) is 23.7. The predicted octanol–water partition coefficient (Wildman–Crippen LogP) is 4.36. The number of halogens is 2. The van der Waals surface area contributed by atoms with Crippen LogP contribution in [0.5, 0.6) is 5.75 Å². The van der Waals surface area contributed by atoms with E-state index in [1.54, 1.807) is 25.3 Å². The Balaban J connectivity index is 2.34. The van der Waals surface area contributed by atoms with E-state index in [9.17, 15) is 14.0 Å². The summed E-state index contributed by atoms with van der Waals surface area (Å²) < 4.78 is 19.4. The van der Waals surface area contributed by atoms with Crippen molar-refractivity contribution in [3.63, 3.8) is 0 Å². The summed E-state index contributed by atoms with van der Waals surface area (Å²) in [7, 11) is 1.58. The monoisotopic (exact) mass is 434 g/mol. The summed E-state index contributed by atoms with van der Waals surface area (Å²) in [6.45, 7) is 5.77. The molecule has 2 aromatic rings. The number of benzene rings is 2. The molecule has 0 radical (unpaired) electrons. The van der Waals surface area contributed by atoms with E-state index in [2.05, 4.69) is 5.32 Å². The van der Waals surface area contributed by atoms with Gasteiger partial charge in [0.1, 0.15) is 17.6 Å². The van der Waals surface area contributed by atoms with Crippen LogP contribution in [0.4, 0.5) is 4.39 Å². The molecule has 0 heterocycles. The highest BCUT2D eigenvalue weighted by molar-refractivity contribution is 6.31. The Bertz CT molecular complexity index is 851. The Labute approximate surface area is 182 Å². The van der Waals surface area contributed by atoms with Crippen LogP contribution in [-0.4, -0.2) is 35.9 Å². The van der Waals surface area contributed by atoms with Gasteiger partial charge >= 0.3 is 0 Å². The van der Waals surface area contributed by atoms with E-state index in [1.165, 1.54) is 17.0 Å². The van der Waals surface area contributed by atoms with Gasteiger partial charge in [0.05, 0.1) is 13.5 Å². The number of ether oxygens (including phenoxy) is 1. The average Bonchev–Trinajstić information content (AvgIpc) is 2.70. The van der Waals surface area contributed by atoms with Crippen LogP contribution in [0.1, 0.15) is 38.3 Å². The van der Waals surface area contributed by atoms with Crippen molar-refractivity contribution in [2.75, 3.05) is 7.11 Å². The van der Waals surface area contributed by atoms with Gasteiger partial charge in [0.2, 0.25) is 11.8 Å². The zero-order chi connectivity index (χ0) is 22.3. The largest absolute Gasteiger partial charge is 0.497 e. The summed E-state index contributed by atoms with van der Waals surface area (Å²) in [6, 6.07) is 10.8. The van der Waals surface area contributed by atoms with Crippen molar-refractivity contribution >= 4 is 23.4 Å². The van der Waals surface area contributed by atoms with Gasteiger partial charge in [-0.1, -0.05) is 36.7 Å². The van der Waals surface area contributed by atoms with Crippen molar-refractivity contribution in [2.24, 2.45) is 0 Å². The van der Waals surface area contributed by atoms with Crippen molar-refractivity contribution in [3.05, 3.63) is 64.4 Å². The Hall–Kier alpha value is -2.60. The molecule has 0 unspecified atom stereocenters. The Kier molecular flexibility index (Phi) is 8.66. The quantitative estimate of drug-likeness (QED) is 0.637. The first-order chi connectivity index (χ1) is 14.3. The molecule has 5 nitrogen and oxygen atoms in total. The zero-order valence-corrected chi connectivity index (χ0v) is 18.5. The molecule has 0 aliphatic carbocycles. The molecule has 0 bridgehead atoms. The topological polar surface area (TPSA) is 58.6 Å². The Morgan fingerprint density at radius 1 is 1.17 bits per heavy atom. The lowest BCUT2D eigenvalue weighted by Gasteiger charge is -2.31. The number of hydrogen-bond donors (Lipinski definition) is 1. The Morgan fingerprint density at radius 3 is 2.37 bits per heavy atom. The van der Waals surface area contributed by atoms with Crippen LogP contribution in [0.25, 0.3) is 0 Å². The van der Waals surface area contributed by atoms with Gasteiger partial charge in [-0.25, -0.2) is 4.39 Å². The number of hydrogen-bond acceptors (Lipinski definition) is 3. The van der Waals surface area contributed by atoms with E-state index in [4.69, 9.17) is 16.3 Å². The second-order valence-electron chi connectivity index (χ2n) is 7.33. The number of rotatable bonds is 9. The van der Waals surface area contributed by atoms with Crippen LogP contribution in [0, 0.1) is 5.82 Å². The molecule has 0 aliphatic rings. The molecule has 1 atom stereocenters. The lowest BCUT2D eigenvalue weighted by molar-refractivity contribution is -0.141. The van der Waals surface area contributed by atoms with Crippen LogP contribution in [0.15, 0.2) is 42.5 Å². The smallest absolute Gasteiger partial charge is 0.243 e. The summed E-state index contributed by atoms with van der Waals surface area (Å²) in [5.41, 5.74) is 0.961. The second kappa shape index (κ2) is 11.0. The molecule has 0 aromatic heterocycles. The van der Waals surface area contributed by atoms with Gasteiger partial charge in [-0.2, -0.15) is 0 Å². The number of amides is 2. The second-order valence-corrected chi connectivity index (χ2v) is 7.74. The fraction of sp³-hybridized carbons (Fsp3) is 0.391. The molecule has 2 aromatic carbocycles. The first-order valence-electron chi connectivity index (χ1n) is 9.92. The van der Waals surface area contributed by atoms with E-state index < -0.39 is 11.9 Å². The minimum atomic E-state index is -0.687. The van der Waals surface area contributed by atoms with Crippen molar-refractivity contribution in [1.82, 2.24) is 10.2 Å². The molecule has 0 spiro atoms. The fourth-order valence-electron chi connectivity index (χ4n) is 3.18. The molecule has 30 heavy (non-hydrogen) atoms. The summed E-state index contributed by atoms with van der Waals surface area (Å²) in [5.74, 6) is -0.461. The molecule has 1 N–H and O–H groups in total. The Morgan fingerprint density at radius 2 is 1.83 bits per heavy atom. The SMILES string of the molecule is CC[C@H](C(=O)NC(C)C)N(Cc1ccc(OC)cc1)C(=O)Cc1c(F)cccc1Cl. The van der Waals surface area contributed by atoms with Crippen LogP contribution < -0.4 is 10.1 Å². The van der Waals surface area contributed by atoms with Crippen molar-refractivity contribution in [1.29, 1.82) is 0 Å². The maximum absolute atomic E-state index is 14.2. The molecule has 7 heteroatoms. The van der Waals surface area contributed by atoms with Crippen LogP contribution in [0.2, 0.25) is 5.02 Å². The number of methoxy groups -OCH3 is 1. The zero-order valence-electron chi connectivity index (χ0n) is 17.7. The maximum Gasteiger partial charge on any atom is 0.243 e. The van der Waals surface area contributed by atoms with Gasteiger partial charge in [-0.15, -0.1) is 0 Å². The minimum Gasteiger partial charge on any atom is -0.497 e. The van der Waals surface area contributed by atoms with E-state index in [1.807, 2.05) is 32.9 Å². The lowest BCUT2D eigenvalue weighted by Crippen LogP contribution is -2.50. The van der Waals surface area contributed by atoms with E-state index in [0.717, 1.165) is 5.56 Å². The molecule has 0 aliphatic heterocycles. The molecule has 162 valence electrons. The normalized spacial score (nSPS) is 11.8. The van der Waals surface area contributed by atoms with Gasteiger partial charge in [0.15, 0.2) is 0 Å². The number of nitrogens with zero attached hydrogens (tertiary/aromatic N) is 1. The highest BCUT2D eigenvalue weighted by atomic mass is 35.5. The van der Waals surface area contributed by atoms with Crippen molar-refractivity contribution in [2.45, 2.75) is 52.2 Å². The molecule has 0 saturated heterocycles. The van der Waals surface area contributed by atoms with Crippen LogP contribution >= 0.6 is 11.6 Å². The van der Waals surface area contributed by atoms with Gasteiger partial charge in [-0.05, 0) is 50.1 Å². The predicted molar refractivity (Wildman–Crippen MR) is 116 cm³/mol. The fourth-order valence-corrected chi connectivity index (χ4v) is 3.41. The van der Waals surface area contributed by atoms with Gasteiger partial charge in [0, 0.05) is 23.2 Å². The maximum atomic E-state index is 14.2. The molecule has 2 rings (SSSR count). The summed E-state index contributed by atoms with van der Waals surface area (Å²) in [5, 5.41) is 3.05. The van der Waals surface area contributed by atoms with Crippen LogP contribution in [0.3, 0.4) is 0 Å². The standard InChI is InChI=1S/C23H28ClFN2O3/c1-5-21(23(29)26-15(2)3)27(14-16-9-11-17(30-4)12-10-16)22(28)13-18-19(24)7-6-8-20(18)25/h6-12,15,21H,5,13-14H2,1-4H3,(H,26,29)/t21-/m1/s1. The average molecular weight is 435 g/mol. The van der Waals surface area contributed by atoms with E-state index >= 15 is 0 Å². The number of nitrogens with one attached hydrogen (secondary N) is 1. The molecule has 0 saturated carbocycles. The third-order valence-corrected chi connectivity index (χ3v) is 5.07. The summed E-state index contributed by atoms with van der Waals surface area (Å²) in [4.78, 5) is 27.5. The van der Waals surface area contributed by atoms with E-state index in [-0.39, 0.29) is 41.4 Å². The van der Waals surface area contributed by atoms with Gasteiger partial charge in [-0.3, -0.25) is 9.59 Å². The van der Waals surface area contributed by atoms with Crippen LogP contribution in [-0.2, 0) is 22.6 Å². The molecule has 2 amide bonds. The van der Waals surface area contributed by atoms with Crippen molar-refractivity contribution < 1.29 is 18.7 Å². The number of carbonyl (C=O) groups is 2. The minimum absolute atomic E-state index is 0.0644. The number of carbonyl (C=O) groups excluding carboxylic acids is 2. The molecule has 0 fully saturated rings. The third kappa shape index (κ3) is 6.20. The van der Waals surface area contributed by atoms with E-state index in [0.29, 0.717) is 12.2 Å². The van der Waals surface area contributed by atoms with Gasteiger partial charge < -0.3 is 15.0 Å². The summed E-state index contributed by atoms with van der Waals surface area (Å²) >= 11 is 6.11. The van der Waals surface area contributed by atoms with Crippen molar-refractivity contribution in [3.8, 4) is 5.75 Å². The lowest BCUT2D eigenvalue weighted by atomic mass is 10.1. The molecular formula is C23H28ClFN2O3. The summed E-state index contributed by atoms with van der Waals surface area (Å²) in [6.07, 6.45) is 0.193. The highest BCUT2D eigenvalue weighted by Gasteiger charge is 2.29. The van der Waals surface area contributed by atoms with Gasteiger partial charge in [0.25, 0.3) is 0 Å². The highest BCUT2D eigenvalue weighted by Crippen LogP contribution is 2.22. The molecular weight excluding hydrogens is 407 g/mol.